The Labute approximate surface area is 181 Å². The van der Waals surface area contributed by atoms with Crippen LogP contribution in [0.25, 0.3) is 0 Å². The number of thiophene rings is 1. The van der Waals surface area contributed by atoms with Gasteiger partial charge in [-0.15, -0.1) is 11.3 Å². The molecule has 1 aromatic heterocycles. The van der Waals surface area contributed by atoms with Crippen LogP contribution in [0, 0.1) is 0 Å². The average Bonchev–Trinajstić information content (AvgIpc) is 3.27. The molecule has 1 heterocycles. The Morgan fingerprint density at radius 1 is 0.933 bits per heavy atom. The number of benzene rings is 2. The van der Waals surface area contributed by atoms with Crippen LogP contribution in [-0.2, 0) is 16.0 Å². The Kier molecular flexibility index (Phi) is 7.38. The summed E-state index contributed by atoms with van der Waals surface area (Å²) in [5, 5.41) is 11.2. The summed E-state index contributed by atoms with van der Waals surface area (Å²) < 4.78 is 0. The molecule has 5 nitrogen and oxygen atoms in total. The van der Waals surface area contributed by atoms with Gasteiger partial charge in [0.1, 0.15) is 0 Å². The molecule has 0 aliphatic heterocycles. The predicted octanol–water partition coefficient (Wildman–Crippen LogP) is 4.98. The van der Waals surface area contributed by atoms with Gasteiger partial charge in [-0.2, -0.15) is 0 Å². The smallest absolute Gasteiger partial charge is 0.241 e. The van der Waals surface area contributed by atoms with Crippen LogP contribution in [0.3, 0.4) is 0 Å². The van der Waals surface area contributed by atoms with E-state index >= 15 is 0 Å². The minimum Gasteiger partial charge on any atom is -0.326 e. The highest BCUT2D eigenvalue weighted by molar-refractivity contribution is 7.10. The number of rotatable bonds is 8. The molecule has 3 rings (SSSR count). The molecule has 0 fully saturated rings. The summed E-state index contributed by atoms with van der Waals surface area (Å²) in [5.74, 6) is -0.245. The van der Waals surface area contributed by atoms with Crippen molar-refractivity contribution in [2.45, 2.75) is 39.3 Å². The van der Waals surface area contributed by atoms with E-state index in [0.717, 1.165) is 12.0 Å². The van der Waals surface area contributed by atoms with Gasteiger partial charge in [0.05, 0.1) is 12.1 Å². The van der Waals surface area contributed by atoms with E-state index in [9.17, 15) is 9.59 Å². The predicted molar refractivity (Wildman–Crippen MR) is 124 cm³/mol. The van der Waals surface area contributed by atoms with Gasteiger partial charge in [0.2, 0.25) is 11.8 Å². The van der Waals surface area contributed by atoms with Gasteiger partial charge in [0, 0.05) is 23.2 Å². The first-order valence-electron chi connectivity index (χ1n) is 10.0. The summed E-state index contributed by atoms with van der Waals surface area (Å²) in [6.45, 7) is 5.46. The van der Waals surface area contributed by atoms with E-state index in [4.69, 9.17) is 0 Å². The van der Waals surface area contributed by atoms with E-state index < -0.39 is 6.04 Å². The Bertz CT molecular complexity index is 967. The van der Waals surface area contributed by atoms with Crippen LogP contribution in [-0.4, -0.2) is 17.9 Å². The maximum Gasteiger partial charge on any atom is 0.241 e. The summed E-state index contributed by atoms with van der Waals surface area (Å²) in [6, 6.07) is 19.2. The molecular weight excluding hydrogens is 394 g/mol. The number of hydrogen-bond acceptors (Lipinski definition) is 4. The second-order valence-corrected chi connectivity index (χ2v) is 8.16. The number of nitrogens with one attached hydrogen (secondary N) is 3. The molecule has 2 amide bonds. The standard InChI is InChI=1S/C24H27N3O2S/c1-4-18-7-9-19(10-8-18)23(22-6-5-15-30-22)25-16(2)24(29)27-21-13-11-20(12-14-21)26-17(3)28/h5-16,23,25H,4H2,1-3H3,(H,26,28)(H,27,29)/t16-,23+/m1/s1. The molecule has 0 saturated heterocycles. The van der Waals surface area contributed by atoms with Crippen molar-refractivity contribution in [3.8, 4) is 0 Å². The molecule has 0 spiro atoms. The van der Waals surface area contributed by atoms with E-state index in [1.807, 2.05) is 18.4 Å². The van der Waals surface area contributed by atoms with Gasteiger partial charge in [-0.25, -0.2) is 0 Å². The van der Waals surface area contributed by atoms with Crippen molar-refractivity contribution in [2.75, 3.05) is 10.6 Å². The maximum absolute atomic E-state index is 12.8. The van der Waals surface area contributed by atoms with Crippen LogP contribution < -0.4 is 16.0 Å². The molecular formula is C24H27N3O2S. The molecule has 0 saturated carbocycles. The fourth-order valence-corrected chi connectivity index (χ4v) is 3.97. The maximum atomic E-state index is 12.8. The van der Waals surface area contributed by atoms with Crippen LogP contribution in [0.4, 0.5) is 11.4 Å². The molecule has 3 N–H and O–H groups in total. The van der Waals surface area contributed by atoms with Crippen molar-refractivity contribution in [2.24, 2.45) is 0 Å². The molecule has 0 unspecified atom stereocenters. The first-order chi connectivity index (χ1) is 14.5. The fourth-order valence-electron chi connectivity index (χ4n) is 3.16. The van der Waals surface area contributed by atoms with E-state index in [-0.39, 0.29) is 17.9 Å². The Balaban J connectivity index is 1.69. The molecule has 156 valence electrons. The quantitative estimate of drug-likeness (QED) is 0.481. The first-order valence-corrected chi connectivity index (χ1v) is 10.9. The van der Waals surface area contributed by atoms with Crippen molar-refractivity contribution in [3.63, 3.8) is 0 Å². The zero-order chi connectivity index (χ0) is 21.5. The molecule has 6 heteroatoms. The Morgan fingerprint density at radius 2 is 1.57 bits per heavy atom. The third-order valence-electron chi connectivity index (χ3n) is 4.83. The lowest BCUT2D eigenvalue weighted by molar-refractivity contribution is -0.118. The number of carbonyl (C=O) groups is 2. The van der Waals surface area contributed by atoms with E-state index in [1.54, 1.807) is 35.6 Å². The molecule has 3 aromatic rings. The molecule has 0 aliphatic rings. The van der Waals surface area contributed by atoms with Crippen LogP contribution in [0.15, 0.2) is 66.0 Å². The number of carbonyl (C=O) groups excluding carboxylic acids is 2. The van der Waals surface area contributed by atoms with Gasteiger partial charge in [-0.05, 0) is 60.2 Å². The Morgan fingerprint density at radius 3 is 2.10 bits per heavy atom. The van der Waals surface area contributed by atoms with Gasteiger partial charge in [-0.1, -0.05) is 37.3 Å². The van der Waals surface area contributed by atoms with E-state index in [2.05, 4.69) is 53.2 Å². The molecule has 0 bridgehead atoms. The molecule has 0 radical (unpaired) electrons. The van der Waals surface area contributed by atoms with E-state index in [1.165, 1.54) is 17.4 Å². The van der Waals surface area contributed by atoms with Crippen molar-refractivity contribution < 1.29 is 9.59 Å². The summed E-state index contributed by atoms with van der Waals surface area (Å²) in [5.41, 5.74) is 3.80. The largest absolute Gasteiger partial charge is 0.326 e. The first kappa shape index (κ1) is 21.7. The van der Waals surface area contributed by atoms with Crippen LogP contribution in [0.2, 0.25) is 0 Å². The number of amides is 2. The fraction of sp³-hybridized carbons (Fsp3) is 0.250. The van der Waals surface area contributed by atoms with Crippen LogP contribution in [0.1, 0.15) is 42.8 Å². The summed E-state index contributed by atoms with van der Waals surface area (Å²) in [4.78, 5) is 25.1. The summed E-state index contributed by atoms with van der Waals surface area (Å²) in [7, 11) is 0. The highest BCUT2D eigenvalue weighted by atomic mass is 32.1. The average molecular weight is 422 g/mol. The topological polar surface area (TPSA) is 70.2 Å². The second-order valence-electron chi connectivity index (χ2n) is 7.18. The third-order valence-corrected chi connectivity index (χ3v) is 5.77. The highest BCUT2D eigenvalue weighted by Gasteiger charge is 2.21. The monoisotopic (exact) mass is 421 g/mol. The van der Waals surface area contributed by atoms with Crippen LogP contribution in [0.5, 0.6) is 0 Å². The van der Waals surface area contributed by atoms with Gasteiger partial charge in [0.25, 0.3) is 0 Å². The number of aryl methyl sites for hydroxylation is 1. The molecule has 30 heavy (non-hydrogen) atoms. The summed E-state index contributed by atoms with van der Waals surface area (Å²) in [6.07, 6.45) is 0.997. The molecule has 0 aliphatic carbocycles. The van der Waals surface area contributed by atoms with Gasteiger partial charge in [-0.3, -0.25) is 14.9 Å². The van der Waals surface area contributed by atoms with Crippen LogP contribution >= 0.6 is 11.3 Å². The molecule has 2 aromatic carbocycles. The summed E-state index contributed by atoms with van der Waals surface area (Å²) >= 11 is 1.67. The normalized spacial score (nSPS) is 12.8. The van der Waals surface area contributed by atoms with Crippen molar-refractivity contribution >= 4 is 34.5 Å². The Hall–Kier alpha value is -2.96. The minimum absolute atomic E-state index is 0.0567. The lowest BCUT2D eigenvalue weighted by Gasteiger charge is -2.23. The lowest BCUT2D eigenvalue weighted by Crippen LogP contribution is -2.40. The van der Waals surface area contributed by atoms with Crippen molar-refractivity contribution in [1.29, 1.82) is 0 Å². The number of hydrogen-bond donors (Lipinski definition) is 3. The third kappa shape index (κ3) is 5.78. The van der Waals surface area contributed by atoms with Crippen molar-refractivity contribution in [1.82, 2.24) is 5.32 Å². The van der Waals surface area contributed by atoms with Gasteiger partial charge in [0.15, 0.2) is 0 Å². The van der Waals surface area contributed by atoms with Crippen molar-refractivity contribution in [3.05, 3.63) is 82.0 Å². The van der Waals surface area contributed by atoms with E-state index in [0.29, 0.717) is 11.4 Å². The zero-order valence-corrected chi connectivity index (χ0v) is 18.3. The van der Waals surface area contributed by atoms with Gasteiger partial charge < -0.3 is 10.6 Å². The number of anilines is 2. The zero-order valence-electron chi connectivity index (χ0n) is 17.4. The SMILES string of the molecule is CCc1ccc([C@H](N[C@H](C)C(=O)Nc2ccc(NC(C)=O)cc2)c2cccs2)cc1. The highest BCUT2D eigenvalue weighted by Crippen LogP contribution is 2.27. The minimum atomic E-state index is -0.405. The lowest BCUT2D eigenvalue weighted by atomic mass is 10.0. The second kappa shape index (κ2) is 10.2. The van der Waals surface area contributed by atoms with Gasteiger partial charge >= 0.3 is 0 Å². The molecule has 2 atom stereocenters.